The lowest BCUT2D eigenvalue weighted by molar-refractivity contribution is -0.140. The molecule has 0 radical (unpaired) electrons. The quantitative estimate of drug-likeness (QED) is 0.472. The number of rotatable bonds is 5. The molecule has 7 nitrogen and oxygen atoms in total. The minimum atomic E-state index is -1.03. The maximum absolute atomic E-state index is 14.7. The molecule has 152 valence electrons. The predicted molar refractivity (Wildman–Crippen MR) is 105 cm³/mol. The van der Waals surface area contributed by atoms with E-state index in [9.17, 15) is 19.1 Å². The molecule has 1 amide bonds. The van der Waals surface area contributed by atoms with E-state index in [1.165, 1.54) is 29.3 Å². The molecule has 1 aromatic carbocycles. The summed E-state index contributed by atoms with van der Waals surface area (Å²) >= 11 is 0. The monoisotopic (exact) mass is 398 g/mol. The summed E-state index contributed by atoms with van der Waals surface area (Å²) in [5.41, 5.74) is 0.691. The van der Waals surface area contributed by atoms with E-state index in [1.807, 2.05) is 19.0 Å². The summed E-state index contributed by atoms with van der Waals surface area (Å²) in [6, 6.07) is 4.91. The van der Waals surface area contributed by atoms with E-state index < -0.39 is 29.3 Å². The number of aliphatic hydroxyl groups excluding tert-OH is 1. The van der Waals surface area contributed by atoms with Crippen LogP contribution in [0.2, 0.25) is 0 Å². The van der Waals surface area contributed by atoms with Crippen LogP contribution in [0.15, 0.2) is 36.0 Å². The number of hydrogen-bond acceptors (Lipinski definition) is 6. The molecule has 1 aliphatic rings. The molecule has 2 aromatic rings. The molecule has 1 fully saturated rings. The Hall–Kier alpha value is -3.13. The Balaban J connectivity index is 2.21. The van der Waals surface area contributed by atoms with Gasteiger partial charge in [0.25, 0.3) is 11.7 Å². The van der Waals surface area contributed by atoms with Gasteiger partial charge < -0.3 is 14.9 Å². The SMILES string of the molecule is Cc1ncc(/C(O)=C2\C(=O)C(=O)N(CCN(C)C)C2c2ccccc2F)c(C)n1. The second-order valence-corrected chi connectivity index (χ2v) is 7.23. The van der Waals surface area contributed by atoms with Crippen LogP contribution in [-0.4, -0.2) is 63.7 Å². The smallest absolute Gasteiger partial charge is 0.295 e. The van der Waals surface area contributed by atoms with E-state index in [4.69, 9.17) is 0 Å². The van der Waals surface area contributed by atoms with E-state index in [2.05, 4.69) is 9.97 Å². The van der Waals surface area contributed by atoms with Gasteiger partial charge in [0.1, 0.15) is 17.4 Å². The molecule has 0 bridgehead atoms. The summed E-state index contributed by atoms with van der Waals surface area (Å²) in [6.45, 7) is 4.06. The molecule has 1 aliphatic heterocycles. The highest BCUT2D eigenvalue weighted by Gasteiger charge is 2.46. The molecule has 29 heavy (non-hydrogen) atoms. The Morgan fingerprint density at radius 2 is 1.93 bits per heavy atom. The number of nitrogens with zero attached hydrogens (tertiary/aromatic N) is 4. The fraction of sp³-hybridized carbons (Fsp3) is 0.333. The van der Waals surface area contributed by atoms with Gasteiger partial charge in [0.15, 0.2) is 0 Å². The number of benzene rings is 1. The number of likely N-dealkylation sites (tertiary alicyclic amines) is 1. The van der Waals surface area contributed by atoms with E-state index in [-0.39, 0.29) is 23.2 Å². The standard InChI is InChI=1S/C21H23FN4O3/c1-12-15(11-23-13(2)24-12)19(27)17-18(14-7-5-6-8-16(14)22)26(10-9-25(3)4)21(29)20(17)28/h5-8,11,18,27H,9-10H2,1-4H3/b19-17+. The Bertz CT molecular complexity index is 1000. The van der Waals surface area contributed by atoms with Gasteiger partial charge in [0.2, 0.25) is 0 Å². The van der Waals surface area contributed by atoms with Gasteiger partial charge in [0.05, 0.1) is 22.9 Å². The van der Waals surface area contributed by atoms with E-state index in [0.29, 0.717) is 18.1 Å². The zero-order valence-electron chi connectivity index (χ0n) is 16.8. The highest BCUT2D eigenvalue weighted by atomic mass is 19.1. The van der Waals surface area contributed by atoms with Crippen molar-refractivity contribution in [3.05, 3.63) is 64.5 Å². The number of aryl methyl sites for hydroxylation is 2. The number of aliphatic hydroxyl groups is 1. The molecular weight excluding hydrogens is 375 g/mol. The third-order valence-corrected chi connectivity index (χ3v) is 4.88. The molecule has 1 saturated heterocycles. The number of ketones is 1. The summed E-state index contributed by atoms with van der Waals surface area (Å²) in [5.74, 6) is -2.07. The lowest BCUT2D eigenvalue weighted by Gasteiger charge is -2.26. The summed E-state index contributed by atoms with van der Waals surface area (Å²) in [7, 11) is 3.67. The van der Waals surface area contributed by atoms with Gasteiger partial charge in [-0.15, -0.1) is 0 Å². The average Bonchev–Trinajstić information content (AvgIpc) is 2.90. The lowest BCUT2D eigenvalue weighted by Crippen LogP contribution is -2.35. The number of halogens is 1. The van der Waals surface area contributed by atoms with Gasteiger partial charge in [-0.3, -0.25) is 9.59 Å². The van der Waals surface area contributed by atoms with Crippen molar-refractivity contribution in [2.24, 2.45) is 0 Å². The van der Waals surface area contributed by atoms with Gasteiger partial charge in [-0.05, 0) is 34.0 Å². The highest BCUT2D eigenvalue weighted by Crippen LogP contribution is 2.40. The first-order valence-corrected chi connectivity index (χ1v) is 9.20. The summed E-state index contributed by atoms with van der Waals surface area (Å²) in [4.78, 5) is 37.1. The van der Waals surface area contributed by atoms with E-state index in [0.717, 1.165) is 0 Å². The molecule has 1 N–H and O–H groups in total. The van der Waals surface area contributed by atoms with Crippen molar-refractivity contribution >= 4 is 17.4 Å². The lowest BCUT2D eigenvalue weighted by atomic mass is 9.95. The molecule has 1 unspecified atom stereocenters. The fourth-order valence-corrected chi connectivity index (χ4v) is 3.40. The largest absolute Gasteiger partial charge is 0.507 e. The van der Waals surface area contributed by atoms with Gasteiger partial charge in [-0.25, -0.2) is 14.4 Å². The van der Waals surface area contributed by atoms with Crippen molar-refractivity contribution in [1.29, 1.82) is 0 Å². The van der Waals surface area contributed by atoms with Crippen LogP contribution in [0.5, 0.6) is 0 Å². The maximum Gasteiger partial charge on any atom is 0.295 e. The van der Waals surface area contributed by atoms with Gasteiger partial charge in [-0.2, -0.15) is 0 Å². The molecule has 8 heteroatoms. The van der Waals surface area contributed by atoms with Crippen molar-refractivity contribution < 1.29 is 19.1 Å². The van der Waals surface area contributed by atoms with Gasteiger partial charge >= 0.3 is 0 Å². The predicted octanol–water partition coefficient (Wildman–Crippen LogP) is 2.22. The van der Waals surface area contributed by atoms with Crippen LogP contribution in [0.25, 0.3) is 5.76 Å². The number of amides is 1. The molecule has 1 aromatic heterocycles. The summed E-state index contributed by atoms with van der Waals surface area (Å²) < 4.78 is 14.7. The molecule has 1 atom stereocenters. The van der Waals surface area contributed by atoms with Crippen LogP contribution >= 0.6 is 0 Å². The van der Waals surface area contributed by atoms with Crippen LogP contribution < -0.4 is 0 Å². The first-order chi connectivity index (χ1) is 13.7. The summed E-state index contributed by atoms with van der Waals surface area (Å²) in [5, 5.41) is 11.0. The van der Waals surface area contributed by atoms with Crippen molar-refractivity contribution in [2.75, 3.05) is 27.2 Å². The molecular formula is C21H23FN4O3. The number of carbonyl (C=O) groups excluding carboxylic acids is 2. The van der Waals surface area contributed by atoms with Crippen LogP contribution in [0.3, 0.4) is 0 Å². The Labute approximate surface area is 168 Å². The van der Waals surface area contributed by atoms with E-state index >= 15 is 0 Å². The number of aromatic nitrogens is 2. The van der Waals surface area contributed by atoms with E-state index in [1.54, 1.807) is 19.9 Å². The number of carbonyl (C=O) groups is 2. The minimum absolute atomic E-state index is 0.151. The molecule has 0 aliphatic carbocycles. The number of likely N-dealkylation sites (N-methyl/N-ethyl adjacent to an activating group) is 1. The zero-order chi connectivity index (χ0) is 21.3. The van der Waals surface area contributed by atoms with Crippen molar-refractivity contribution in [3.63, 3.8) is 0 Å². The van der Waals surface area contributed by atoms with Crippen LogP contribution in [0.4, 0.5) is 4.39 Å². The van der Waals surface area contributed by atoms with Crippen molar-refractivity contribution in [1.82, 2.24) is 19.8 Å². The Morgan fingerprint density at radius 1 is 1.24 bits per heavy atom. The molecule has 2 heterocycles. The molecule has 3 rings (SSSR count). The topological polar surface area (TPSA) is 86.6 Å². The highest BCUT2D eigenvalue weighted by molar-refractivity contribution is 6.46. The summed E-state index contributed by atoms with van der Waals surface area (Å²) in [6.07, 6.45) is 1.40. The van der Waals surface area contributed by atoms with Gasteiger partial charge in [0, 0.05) is 24.8 Å². The minimum Gasteiger partial charge on any atom is -0.507 e. The number of Topliss-reactive ketones (excluding diaryl/α,β-unsaturated/α-hetero) is 1. The number of hydrogen-bond donors (Lipinski definition) is 1. The fourth-order valence-electron chi connectivity index (χ4n) is 3.40. The Morgan fingerprint density at radius 3 is 2.55 bits per heavy atom. The van der Waals surface area contributed by atoms with Crippen molar-refractivity contribution in [2.45, 2.75) is 19.9 Å². The van der Waals surface area contributed by atoms with Crippen LogP contribution in [0, 0.1) is 19.7 Å². The van der Waals surface area contributed by atoms with Crippen molar-refractivity contribution in [3.8, 4) is 0 Å². The first-order valence-electron chi connectivity index (χ1n) is 9.20. The Kier molecular flexibility index (Phi) is 5.74. The van der Waals surface area contributed by atoms with Crippen LogP contribution in [0.1, 0.15) is 28.7 Å². The van der Waals surface area contributed by atoms with Crippen LogP contribution in [-0.2, 0) is 9.59 Å². The van der Waals surface area contributed by atoms with Gasteiger partial charge in [-0.1, -0.05) is 18.2 Å². The third-order valence-electron chi connectivity index (χ3n) is 4.88. The third kappa shape index (κ3) is 3.88. The average molecular weight is 398 g/mol. The normalized spacial score (nSPS) is 18.7. The first kappa shape index (κ1) is 20.6. The molecule has 0 spiro atoms. The second-order valence-electron chi connectivity index (χ2n) is 7.23. The maximum atomic E-state index is 14.7. The zero-order valence-corrected chi connectivity index (χ0v) is 16.8. The second kappa shape index (κ2) is 8.08. The molecule has 0 saturated carbocycles.